The van der Waals surface area contributed by atoms with Crippen LogP contribution in [0.25, 0.3) is 0 Å². The van der Waals surface area contributed by atoms with Crippen molar-refractivity contribution >= 4 is 51.8 Å². The first-order valence-corrected chi connectivity index (χ1v) is 23.9. The van der Waals surface area contributed by atoms with Crippen molar-refractivity contribution in [3.63, 3.8) is 0 Å². The van der Waals surface area contributed by atoms with Crippen molar-refractivity contribution in [3.05, 3.63) is 34.4 Å². The number of methoxy groups -OCH3 is 2. The topological polar surface area (TPSA) is 219 Å². The van der Waals surface area contributed by atoms with Crippen LogP contribution in [0.2, 0.25) is 0 Å². The fraction of sp³-hybridized carbons (Fsp3) is 0.698. The quantitative estimate of drug-likeness (QED) is 0.0508. The molecule has 0 aromatic heterocycles. The summed E-state index contributed by atoms with van der Waals surface area (Å²) in [4.78, 5) is 68.5. The number of aliphatic hydroxyl groups is 1. The molecule has 4 N–H and O–H groups in total. The summed E-state index contributed by atoms with van der Waals surface area (Å²) >= 11 is 1.51. The lowest BCUT2D eigenvalue weighted by Gasteiger charge is -2.36. The Hall–Kier alpha value is -3.59. The number of carbonyl (C=O) groups excluding carboxylic acids is 5. The number of aldehydes is 1. The zero-order valence-electron chi connectivity index (χ0n) is 37.4. The maximum absolute atomic E-state index is 13.7. The number of allylic oxidation sites excluding steroid dienone is 1. The molecule has 0 aliphatic carbocycles. The van der Waals surface area contributed by atoms with E-state index in [4.69, 9.17) is 18.9 Å². The lowest BCUT2D eigenvalue weighted by Crippen LogP contribution is -2.53. The van der Waals surface area contributed by atoms with E-state index in [9.17, 15) is 37.5 Å². The highest BCUT2D eigenvalue weighted by molar-refractivity contribution is 8.03. The zero-order valence-corrected chi connectivity index (χ0v) is 39.0. The van der Waals surface area contributed by atoms with Crippen LogP contribution in [0.3, 0.4) is 0 Å². The zero-order chi connectivity index (χ0) is 45.8. The smallest absolute Gasteiger partial charge is 0.329 e. The number of rotatable bonds is 24. The summed E-state index contributed by atoms with van der Waals surface area (Å²) in [6, 6.07) is 4.07. The molecule has 0 radical (unpaired) electrons. The van der Waals surface area contributed by atoms with Crippen molar-refractivity contribution in [2.45, 2.75) is 128 Å². The average molecular weight is 910 g/mol. The van der Waals surface area contributed by atoms with E-state index in [0.29, 0.717) is 81.4 Å². The second kappa shape index (κ2) is 23.4. The van der Waals surface area contributed by atoms with Gasteiger partial charge in [0.15, 0.2) is 17.8 Å². The Labute approximate surface area is 370 Å². The Morgan fingerprint density at radius 1 is 1.11 bits per heavy atom. The number of piperidine rings is 1. The van der Waals surface area contributed by atoms with Crippen LogP contribution in [-0.2, 0) is 50.1 Å². The number of nitrogens with one attached hydrogen (secondary N) is 3. The number of aliphatic hydroxyl groups excluding tert-OH is 1. The molecule has 17 nitrogen and oxygen atoms in total. The van der Waals surface area contributed by atoms with E-state index in [0.717, 1.165) is 10.5 Å². The molecule has 4 rings (SSSR count). The standard InChI is InChI=1S/C43H67N5O12S2/c1-9-43(5,6)40(52)41(53)47-18-11-10-12-34(47)42(54)60-32(15-13-30-14-16-37(57-7)38(21-30)58-8)26-59-19-17-45-62(55,56)46-23-31-22-33(24-44-31)61-39-28(3)35(20-27(2)50)48(29(4)51)36(39)25-49/h14,16,21,25,27-28,31-35,44-46,50H,9-13,15,17-20,22-24,26H2,1-8H3/t27-,28-,31+,32-,33+,34+,35+/m1/s1. The van der Waals surface area contributed by atoms with Gasteiger partial charge in [-0.1, -0.05) is 33.8 Å². The molecule has 1 aromatic rings. The van der Waals surface area contributed by atoms with Crippen LogP contribution in [0.5, 0.6) is 11.5 Å². The Kier molecular flexibility index (Phi) is 19.2. The van der Waals surface area contributed by atoms with E-state index >= 15 is 0 Å². The fourth-order valence-electron chi connectivity index (χ4n) is 7.99. The summed E-state index contributed by atoms with van der Waals surface area (Å²) < 4.78 is 53.6. The minimum atomic E-state index is -3.92. The average Bonchev–Trinajstić information content (AvgIpc) is 3.81. The van der Waals surface area contributed by atoms with Crippen molar-refractivity contribution < 1.29 is 56.4 Å². The Balaban J connectivity index is 1.31. The summed E-state index contributed by atoms with van der Waals surface area (Å²) in [6.45, 7) is 11.1. The van der Waals surface area contributed by atoms with E-state index in [1.165, 1.54) is 35.6 Å². The first-order valence-electron chi connectivity index (χ1n) is 21.5. The van der Waals surface area contributed by atoms with E-state index in [-0.39, 0.29) is 62.0 Å². The third kappa shape index (κ3) is 13.7. The number of ether oxygens (including phenoxy) is 4. The predicted octanol–water partition coefficient (Wildman–Crippen LogP) is 2.89. The van der Waals surface area contributed by atoms with Crippen LogP contribution in [0.4, 0.5) is 0 Å². The van der Waals surface area contributed by atoms with Gasteiger partial charge in [-0.05, 0) is 76.0 Å². The van der Waals surface area contributed by atoms with E-state index in [1.807, 2.05) is 26.0 Å². The van der Waals surface area contributed by atoms with Gasteiger partial charge in [0, 0.05) is 66.7 Å². The second-order valence-electron chi connectivity index (χ2n) is 17.0. The number of benzene rings is 1. The molecule has 3 aliphatic rings. The molecule has 3 heterocycles. The molecular weight excluding hydrogens is 843 g/mol. The lowest BCUT2D eigenvalue weighted by atomic mass is 9.84. The van der Waals surface area contributed by atoms with Gasteiger partial charge in [-0.25, -0.2) is 9.52 Å². The highest BCUT2D eigenvalue weighted by atomic mass is 32.2. The van der Waals surface area contributed by atoms with Crippen LogP contribution < -0.4 is 24.2 Å². The number of likely N-dealkylation sites (tertiary alicyclic amines) is 1. The molecule has 0 unspecified atom stereocenters. The van der Waals surface area contributed by atoms with E-state index in [1.54, 1.807) is 33.9 Å². The normalized spacial score (nSPS) is 23.0. The van der Waals surface area contributed by atoms with Crippen LogP contribution in [0.1, 0.15) is 92.1 Å². The van der Waals surface area contributed by atoms with Crippen molar-refractivity contribution in [1.29, 1.82) is 0 Å². The summed E-state index contributed by atoms with van der Waals surface area (Å²) in [5.74, 6) is -1.14. The number of amides is 2. The SMILES string of the molecule is CCC(C)(C)C(=O)C(=O)N1CCCC[C@H]1C(=O)O[C@H](CCc1ccc(OC)c(OC)c1)COCCNS(=O)(=O)NC[C@@H]1C[C@H](SC2=C(C=O)N(C(C)=O)[C@@H](C[C@@H](C)O)[C@H]2C)CN1. The molecule has 2 fully saturated rings. The van der Waals surface area contributed by atoms with Gasteiger partial charge in [0.25, 0.3) is 16.1 Å². The van der Waals surface area contributed by atoms with Crippen molar-refractivity contribution in [2.24, 2.45) is 11.3 Å². The van der Waals surface area contributed by atoms with Crippen molar-refractivity contribution in [2.75, 3.05) is 53.6 Å². The summed E-state index contributed by atoms with van der Waals surface area (Å²) in [5.41, 5.74) is 0.349. The van der Waals surface area contributed by atoms with Gasteiger partial charge in [-0.2, -0.15) is 13.1 Å². The Bertz CT molecular complexity index is 1880. The van der Waals surface area contributed by atoms with Crippen molar-refractivity contribution in [3.8, 4) is 11.5 Å². The summed E-state index contributed by atoms with van der Waals surface area (Å²) in [6.07, 6.45) is 3.26. The largest absolute Gasteiger partial charge is 0.493 e. The molecule has 348 valence electrons. The van der Waals surface area contributed by atoms with Gasteiger partial charge in [-0.15, -0.1) is 11.8 Å². The number of Topliss-reactive ketones (excluding diaryl/α,β-unsaturated/α-hetero) is 1. The molecule has 19 heteroatoms. The second-order valence-corrected chi connectivity index (χ2v) is 19.9. The number of esters is 1. The van der Waals surface area contributed by atoms with Crippen molar-refractivity contribution in [1.82, 2.24) is 24.6 Å². The summed E-state index contributed by atoms with van der Waals surface area (Å²) in [5, 5.41) is 13.4. The number of aryl methyl sites for hydroxylation is 1. The molecule has 2 amide bonds. The number of nitrogens with zero attached hydrogens (tertiary/aromatic N) is 2. The predicted molar refractivity (Wildman–Crippen MR) is 235 cm³/mol. The molecule has 2 saturated heterocycles. The Morgan fingerprint density at radius 3 is 2.48 bits per heavy atom. The first-order chi connectivity index (χ1) is 29.4. The van der Waals surface area contributed by atoms with Crippen LogP contribution >= 0.6 is 11.8 Å². The highest BCUT2D eigenvalue weighted by Gasteiger charge is 2.43. The number of hydrogen-bond donors (Lipinski definition) is 4. The van der Waals surface area contributed by atoms with Crippen LogP contribution in [-0.4, -0.2) is 142 Å². The van der Waals surface area contributed by atoms with Gasteiger partial charge in [0.05, 0.1) is 39.2 Å². The maximum atomic E-state index is 13.7. The third-order valence-corrected chi connectivity index (χ3v) is 14.6. The molecule has 3 aliphatic heterocycles. The molecule has 1 aromatic carbocycles. The lowest BCUT2D eigenvalue weighted by molar-refractivity contribution is -0.166. The van der Waals surface area contributed by atoms with Gasteiger partial charge >= 0.3 is 5.97 Å². The maximum Gasteiger partial charge on any atom is 0.329 e. The third-order valence-electron chi connectivity index (χ3n) is 11.9. The van der Waals surface area contributed by atoms with Crippen LogP contribution in [0, 0.1) is 11.3 Å². The monoisotopic (exact) mass is 909 g/mol. The van der Waals surface area contributed by atoms with Crippen LogP contribution in [0.15, 0.2) is 28.8 Å². The molecule has 62 heavy (non-hydrogen) atoms. The molecule has 0 bridgehead atoms. The van der Waals surface area contributed by atoms with E-state index in [2.05, 4.69) is 14.8 Å². The number of carbonyl (C=O) groups is 5. The molecular formula is C43H67N5O12S2. The number of ketones is 1. The van der Waals surface area contributed by atoms with Gasteiger partial charge in [0.2, 0.25) is 11.7 Å². The molecule has 7 atom stereocenters. The van der Waals surface area contributed by atoms with Gasteiger partial charge < -0.3 is 39.2 Å². The minimum absolute atomic E-state index is 0.0277. The first kappa shape index (κ1) is 51.0. The number of hydrogen-bond acceptors (Lipinski definition) is 14. The van der Waals surface area contributed by atoms with Gasteiger partial charge in [-0.3, -0.25) is 19.2 Å². The minimum Gasteiger partial charge on any atom is -0.493 e. The molecule has 0 saturated carbocycles. The van der Waals surface area contributed by atoms with E-state index < -0.39 is 51.5 Å². The number of thioether (sulfide) groups is 1. The van der Waals surface area contributed by atoms with Gasteiger partial charge in [0.1, 0.15) is 12.1 Å². The molecule has 0 spiro atoms. The fourth-order valence-corrected chi connectivity index (χ4v) is 10.4. The highest BCUT2D eigenvalue weighted by Crippen LogP contribution is 2.44. The summed E-state index contributed by atoms with van der Waals surface area (Å²) in [7, 11) is -0.831. The Morgan fingerprint density at radius 2 is 1.84 bits per heavy atom.